The third-order valence-corrected chi connectivity index (χ3v) is 2.22. The van der Waals surface area contributed by atoms with Crippen LogP contribution in [0, 0.1) is 0 Å². The highest BCUT2D eigenvalue weighted by Crippen LogP contribution is 2.24. The van der Waals surface area contributed by atoms with Crippen LogP contribution in [0.5, 0.6) is 11.5 Å². The van der Waals surface area contributed by atoms with Gasteiger partial charge in [-0.15, -0.1) is 0 Å². The van der Waals surface area contributed by atoms with E-state index in [1.54, 1.807) is 6.07 Å². The van der Waals surface area contributed by atoms with Crippen LogP contribution >= 0.6 is 0 Å². The summed E-state index contributed by atoms with van der Waals surface area (Å²) >= 11 is 0. The molecule has 0 bridgehead atoms. The highest BCUT2D eigenvalue weighted by molar-refractivity contribution is 5.40. The maximum absolute atomic E-state index is 9.24. The van der Waals surface area contributed by atoms with Crippen LogP contribution in [0.15, 0.2) is 18.2 Å². The van der Waals surface area contributed by atoms with Crippen LogP contribution in [0.3, 0.4) is 0 Å². The van der Waals surface area contributed by atoms with Gasteiger partial charge in [-0.2, -0.15) is 0 Å². The van der Waals surface area contributed by atoms with Crippen molar-refractivity contribution in [1.29, 1.82) is 0 Å². The summed E-state index contributed by atoms with van der Waals surface area (Å²) in [5, 5.41) is 38.9. The van der Waals surface area contributed by atoms with E-state index in [1.807, 2.05) is 0 Å². The fourth-order valence-electron chi connectivity index (χ4n) is 1.29. The van der Waals surface area contributed by atoms with Gasteiger partial charge in [-0.25, -0.2) is 0 Å². The molecule has 0 saturated carbocycles. The van der Waals surface area contributed by atoms with Crippen LogP contribution in [0.2, 0.25) is 0 Å². The Bertz CT molecular complexity index is 330. The summed E-state index contributed by atoms with van der Waals surface area (Å²) in [5.41, 5.74) is 0.890. The predicted molar refractivity (Wildman–Crippen MR) is 59.4 cm³/mol. The molecule has 1 atom stereocenters. The van der Waals surface area contributed by atoms with E-state index in [2.05, 4.69) is 5.32 Å². The van der Waals surface area contributed by atoms with Gasteiger partial charge in [-0.05, 0) is 30.7 Å². The number of nitrogens with one attached hydrogen (secondary N) is 1. The van der Waals surface area contributed by atoms with Gasteiger partial charge in [0.05, 0.1) is 12.7 Å². The quantitative estimate of drug-likeness (QED) is 0.336. The molecule has 1 aromatic rings. The molecule has 90 valence electrons. The molecule has 0 radical (unpaired) electrons. The first-order valence-electron chi connectivity index (χ1n) is 5.14. The number of rotatable bonds is 6. The van der Waals surface area contributed by atoms with Crippen LogP contribution in [0.4, 0.5) is 0 Å². The minimum atomic E-state index is -0.742. The monoisotopic (exact) mass is 227 g/mol. The second-order valence-electron chi connectivity index (χ2n) is 3.61. The molecule has 0 aliphatic heterocycles. The third-order valence-electron chi connectivity index (χ3n) is 2.22. The molecule has 1 rings (SSSR count). The molecule has 0 fully saturated rings. The summed E-state index contributed by atoms with van der Waals surface area (Å²) in [6.45, 7) is 0.703. The second kappa shape index (κ2) is 6.32. The molecule has 5 N–H and O–H groups in total. The molecule has 0 spiro atoms. The fourth-order valence-corrected chi connectivity index (χ4v) is 1.29. The number of phenolic OH excluding ortho intramolecular Hbond substituents is 2. The van der Waals surface area contributed by atoms with Crippen molar-refractivity contribution in [2.75, 3.05) is 19.7 Å². The highest BCUT2D eigenvalue weighted by Gasteiger charge is 2.02. The Labute approximate surface area is 94.0 Å². The Hall–Kier alpha value is -1.30. The fraction of sp³-hybridized carbons (Fsp3) is 0.455. The average Bonchev–Trinajstić information content (AvgIpc) is 2.28. The first-order valence-corrected chi connectivity index (χ1v) is 5.14. The Morgan fingerprint density at radius 1 is 1.19 bits per heavy atom. The molecule has 0 aliphatic rings. The van der Waals surface area contributed by atoms with E-state index >= 15 is 0 Å². The van der Waals surface area contributed by atoms with E-state index in [1.165, 1.54) is 12.1 Å². The summed E-state index contributed by atoms with van der Waals surface area (Å²) < 4.78 is 0. The lowest BCUT2D eigenvalue weighted by Gasteiger charge is -2.09. The summed E-state index contributed by atoms with van der Waals surface area (Å²) in [6.07, 6.45) is -0.0698. The summed E-state index contributed by atoms with van der Waals surface area (Å²) in [7, 11) is 0. The van der Waals surface area contributed by atoms with E-state index in [9.17, 15) is 5.11 Å². The van der Waals surface area contributed by atoms with Crippen LogP contribution in [0.1, 0.15) is 5.56 Å². The van der Waals surface area contributed by atoms with Gasteiger partial charge in [0, 0.05) is 6.54 Å². The molecule has 0 saturated heterocycles. The third kappa shape index (κ3) is 4.06. The van der Waals surface area contributed by atoms with Crippen molar-refractivity contribution in [3.8, 4) is 11.5 Å². The normalized spacial score (nSPS) is 12.6. The molecule has 1 unspecified atom stereocenters. The van der Waals surface area contributed by atoms with Crippen molar-refractivity contribution >= 4 is 0 Å². The topological polar surface area (TPSA) is 93.0 Å². The van der Waals surface area contributed by atoms with Crippen molar-refractivity contribution in [3.05, 3.63) is 23.8 Å². The number of phenols is 2. The number of aromatic hydroxyl groups is 2. The van der Waals surface area contributed by atoms with Gasteiger partial charge in [0.25, 0.3) is 0 Å². The first kappa shape index (κ1) is 12.8. The van der Waals surface area contributed by atoms with E-state index < -0.39 is 6.10 Å². The minimum absolute atomic E-state index is 0.132. The molecule has 0 aliphatic carbocycles. The Kier molecular flexibility index (Phi) is 5.04. The molecular weight excluding hydrogens is 210 g/mol. The highest BCUT2D eigenvalue weighted by atomic mass is 16.3. The average molecular weight is 227 g/mol. The van der Waals surface area contributed by atoms with Gasteiger partial charge in [0.1, 0.15) is 0 Å². The SMILES string of the molecule is OCC(O)CNCCc1ccc(O)c(O)c1. The van der Waals surface area contributed by atoms with E-state index in [0.717, 1.165) is 5.56 Å². The standard InChI is InChI=1S/C11H17NO4/c13-7-9(14)6-12-4-3-8-1-2-10(15)11(16)5-8/h1-2,5,9,12-16H,3-4,6-7H2. The molecule has 1 aromatic carbocycles. The maximum Gasteiger partial charge on any atom is 0.157 e. The van der Waals surface area contributed by atoms with E-state index in [4.69, 9.17) is 15.3 Å². The number of hydrogen-bond donors (Lipinski definition) is 5. The van der Waals surface area contributed by atoms with Crippen LogP contribution < -0.4 is 5.32 Å². The Morgan fingerprint density at radius 3 is 2.56 bits per heavy atom. The zero-order valence-corrected chi connectivity index (χ0v) is 8.93. The largest absolute Gasteiger partial charge is 0.504 e. The van der Waals surface area contributed by atoms with Crippen LogP contribution in [-0.4, -0.2) is 46.2 Å². The molecule has 0 aromatic heterocycles. The van der Waals surface area contributed by atoms with Crippen LogP contribution in [0.25, 0.3) is 0 Å². The van der Waals surface area contributed by atoms with Gasteiger partial charge in [0.2, 0.25) is 0 Å². The molecule has 0 amide bonds. The summed E-state index contributed by atoms with van der Waals surface area (Å²) in [4.78, 5) is 0. The number of aliphatic hydroxyl groups is 2. The molecule has 5 nitrogen and oxygen atoms in total. The van der Waals surface area contributed by atoms with Crippen molar-refractivity contribution < 1.29 is 20.4 Å². The zero-order valence-electron chi connectivity index (χ0n) is 8.93. The van der Waals surface area contributed by atoms with Crippen molar-refractivity contribution in [2.24, 2.45) is 0 Å². The lowest BCUT2D eigenvalue weighted by molar-refractivity contribution is 0.0947. The molecule has 5 heteroatoms. The smallest absolute Gasteiger partial charge is 0.157 e. The zero-order chi connectivity index (χ0) is 12.0. The number of hydrogen-bond acceptors (Lipinski definition) is 5. The van der Waals surface area contributed by atoms with Crippen LogP contribution in [-0.2, 0) is 6.42 Å². The Morgan fingerprint density at radius 2 is 1.94 bits per heavy atom. The lowest BCUT2D eigenvalue weighted by Crippen LogP contribution is -2.30. The minimum Gasteiger partial charge on any atom is -0.504 e. The van der Waals surface area contributed by atoms with E-state index in [-0.39, 0.29) is 18.1 Å². The summed E-state index contributed by atoms with van der Waals surface area (Å²) in [6, 6.07) is 4.66. The lowest BCUT2D eigenvalue weighted by atomic mass is 10.1. The molecule has 16 heavy (non-hydrogen) atoms. The first-order chi connectivity index (χ1) is 7.63. The van der Waals surface area contributed by atoms with Crippen molar-refractivity contribution in [1.82, 2.24) is 5.32 Å². The summed E-state index contributed by atoms with van der Waals surface area (Å²) in [5.74, 6) is -0.264. The van der Waals surface area contributed by atoms with Crippen molar-refractivity contribution in [2.45, 2.75) is 12.5 Å². The molecule has 0 heterocycles. The van der Waals surface area contributed by atoms with Crippen molar-refractivity contribution in [3.63, 3.8) is 0 Å². The number of aliphatic hydroxyl groups excluding tert-OH is 2. The number of benzene rings is 1. The van der Waals surface area contributed by atoms with Gasteiger partial charge < -0.3 is 25.7 Å². The van der Waals surface area contributed by atoms with Gasteiger partial charge in [-0.3, -0.25) is 0 Å². The predicted octanol–water partition coefficient (Wildman–Crippen LogP) is -0.417. The van der Waals surface area contributed by atoms with E-state index in [0.29, 0.717) is 19.5 Å². The molecular formula is C11H17NO4. The Balaban J connectivity index is 2.29. The second-order valence-corrected chi connectivity index (χ2v) is 3.61. The van der Waals surface area contributed by atoms with Gasteiger partial charge >= 0.3 is 0 Å². The van der Waals surface area contributed by atoms with Gasteiger partial charge in [-0.1, -0.05) is 6.07 Å². The van der Waals surface area contributed by atoms with Gasteiger partial charge in [0.15, 0.2) is 11.5 Å². The maximum atomic E-state index is 9.24.